The predicted octanol–water partition coefficient (Wildman–Crippen LogP) is 2.84. The number of hydrogen-bond acceptors (Lipinski definition) is 2. The smallest absolute Gasteiger partial charge is 0.212 e. The SMILES string of the molecule is O=S(=O)(C1CCCCC1)N1CCC(=C2CC2)CC1. The molecule has 0 spiro atoms. The molecular formula is C14H23NO2S. The summed E-state index contributed by atoms with van der Waals surface area (Å²) in [4.78, 5) is 0. The number of sulfonamides is 1. The Hall–Kier alpha value is -0.350. The molecule has 3 nitrogen and oxygen atoms in total. The largest absolute Gasteiger partial charge is 0.216 e. The van der Waals surface area contributed by atoms with Crippen LogP contribution in [0.4, 0.5) is 0 Å². The van der Waals surface area contributed by atoms with E-state index in [1.807, 2.05) is 0 Å². The van der Waals surface area contributed by atoms with Crippen molar-refractivity contribution in [3.8, 4) is 0 Å². The van der Waals surface area contributed by atoms with Crippen LogP contribution in [-0.2, 0) is 10.0 Å². The van der Waals surface area contributed by atoms with E-state index in [-0.39, 0.29) is 5.25 Å². The van der Waals surface area contributed by atoms with Crippen molar-refractivity contribution >= 4 is 10.0 Å². The highest BCUT2D eigenvalue weighted by Crippen LogP contribution is 2.37. The molecule has 0 atom stereocenters. The van der Waals surface area contributed by atoms with Crippen molar-refractivity contribution in [1.82, 2.24) is 4.31 Å². The van der Waals surface area contributed by atoms with Gasteiger partial charge < -0.3 is 0 Å². The molecule has 0 aromatic carbocycles. The molecule has 0 aromatic rings. The molecule has 0 amide bonds. The van der Waals surface area contributed by atoms with Crippen LogP contribution in [-0.4, -0.2) is 31.1 Å². The summed E-state index contributed by atoms with van der Waals surface area (Å²) in [7, 11) is -3.00. The van der Waals surface area contributed by atoms with Gasteiger partial charge in [-0.3, -0.25) is 0 Å². The Morgan fingerprint density at radius 2 is 1.39 bits per heavy atom. The Morgan fingerprint density at radius 3 is 1.94 bits per heavy atom. The second kappa shape index (κ2) is 4.97. The molecular weight excluding hydrogens is 246 g/mol. The third kappa shape index (κ3) is 2.50. The topological polar surface area (TPSA) is 37.4 Å². The van der Waals surface area contributed by atoms with E-state index < -0.39 is 10.0 Å². The first-order chi connectivity index (χ1) is 8.68. The van der Waals surface area contributed by atoms with Crippen LogP contribution in [0.1, 0.15) is 57.8 Å². The lowest BCUT2D eigenvalue weighted by molar-refractivity contribution is 0.367. The van der Waals surface area contributed by atoms with E-state index in [1.165, 1.54) is 19.3 Å². The van der Waals surface area contributed by atoms with Gasteiger partial charge in [0.2, 0.25) is 10.0 Å². The highest BCUT2D eigenvalue weighted by atomic mass is 32.2. The van der Waals surface area contributed by atoms with Gasteiger partial charge >= 0.3 is 0 Å². The number of nitrogens with zero attached hydrogens (tertiary/aromatic N) is 1. The number of rotatable bonds is 2. The van der Waals surface area contributed by atoms with E-state index >= 15 is 0 Å². The molecule has 0 unspecified atom stereocenters. The Morgan fingerprint density at radius 1 is 0.833 bits per heavy atom. The van der Waals surface area contributed by atoms with Gasteiger partial charge in [-0.2, -0.15) is 0 Å². The summed E-state index contributed by atoms with van der Waals surface area (Å²) in [6.45, 7) is 1.47. The third-order valence-corrected chi connectivity index (χ3v) is 7.06. The summed E-state index contributed by atoms with van der Waals surface area (Å²) in [5.74, 6) is 0. The lowest BCUT2D eigenvalue weighted by Gasteiger charge is -2.32. The van der Waals surface area contributed by atoms with Crippen molar-refractivity contribution in [2.45, 2.75) is 63.0 Å². The number of hydrogen-bond donors (Lipinski definition) is 0. The van der Waals surface area contributed by atoms with Crippen molar-refractivity contribution in [2.24, 2.45) is 0 Å². The highest BCUT2D eigenvalue weighted by Gasteiger charge is 2.34. The first-order valence-electron chi connectivity index (χ1n) is 7.36. The van der Waals surface area contributed by atoms with E-state index in [2.05, 4.69) is 0 Å². The fraction of sp³-hybridized carbons (Fsp3) is 0.857. The minimum Gasteiger partial charge on any atom is -0.212 e. The Bertz CT molecular complexity index is 430. The van der Waals surface area contributed by atoms with Crippen molar-refractivity contribution in [2.75, 3.05) is 13.1 Å². The van der Waals surface area contributed by atoms with Crippen LogP contribution in [0.25, 0.3) is 0 Å². The summed E-state index contributed by atoms with van der Waals surface area (Å²) in [5, 5.41) is -0.0821. The maximum Gasteiger partial charge on any atom is 0.216 e. The molecule has 1 heterocycles. The van der Waals surface area contributed by atoms with E-state index in [0.29, 0.717) is 0 Å². The first kappa shape index (κ1) is 12.7. The zero-order chi connectivity index (χ0) is 12.6. The molecule has 1 aliphatic heterocycles. The Labute approximate surface area is 110 Å². The molecule has 0 aromatic heterocycles. The van der Waals surface area contributed by atoms with E-state index in [9.17, 15) is 8.42 Å². The molecule has 3 aliphatic rings. The summed E-state index contributed by atoms with van der Waals surface area (Å²) in [5.41, 5.74) is 3.18. The summed E-state index contributed by atoms with van der Waals surface area (Å²) in [6, 6.07) is 0. The van der Waals surface area contributed by atoms with Crippen LogP contribution in [0.5, 0.6) is 0 Å². The fourth-order valence-electron chi connectivity index (χ4n) is 3.35. The summed E-state index contributed by atoms with van der Waals surface area (Å²) in [6.07, 6.45) is 9.67. The molecule has 3 rings (SSSR count). The minimum absolute atomic E-state index is 0.0821. The van der Waals surface area contributed by atoms with Crippen molar-refractivity contribution in [3.63, 3.8) is 0 Å². The highest BCUT2D eigenvalue weighted by molar-refractivity contribution is 7.89. The molecule has 0 N–H and O–H groups in total. The molecule has 0 radical (unpaired) electrons. The maximum atomic E-state index is 12.5. The van der Waals surface area contributed by atoms with Gasteiger partial charge in [0, 0.05) is 13.1 Å². The third-order valence-electron chi connectivity index (χ3n) is 4.66. The zero-order valence-corrected chi connectivity index (χ0v) is 11.8. The van der Waals surface area contributed by atoms with Gasteiger partial charge in [-0.1, -0.05) is 30.4 Å². The van der Waals surface area contributed by atoms with Crippen LogP contribution >= 0.6 is 0 Å². The second-order valence-electron chi connectivity index (χ2n) is 5.91. The summed E-state index contributed by atoms with van der Waals surface area (Å²) >= 11 is 0. The monoisotopic (exact) mass is 269 g/mol. The molecule has 1 saturated heterocycles. The maximum absolute atomic E-state index is 12.5. The molecule has 102 valence electrons. The number of piperidine rings is 1. The molecule has 2 saturated carbocycles. The van der Waals surface area contributed by atoms with Crippen LogP contribution in [0.15, 0.2) is 11.1 Å². The predicted molar refractivity (Wildman–Crippen MR) is 72.9 cm³/mol. The molecule has 2 aliphatic carbocycles. The molecule has 4 heteroatoms. The molecule has 18 heavy (non-hydrogen) atoms. The first-order valence-corrected chi connectivity index (χ1v) is 8.87. The Balaban J connectivity index is 1.65. The quantitative estimate of drug-likeness (QED) is 0.723. The van der Waals surface area contributed by atoms with Gasteiger partial charge in [-0.05, 0) is 38.5 Å². The van der Waals surface area contributed by atoms with Gasteiger partial charge in [0.1, 0.15) is 0 Å². The molecule has 0 bridgehead atoms. The van der Waals surface area contributed by atoms with Gasteiger partial charge in [0.05, 0.1) is 5.25 Å². The normalized spacial score (nSPS) is 27.6. The van der Waals surface area contributed by atoms with Crippen molar-refractivity contribution in [1.29, 1.82) is 0 Å². The van der Waals surface area contributed by atoms with E-state index in [0.717, 1.165) is 51.6 Å². The minimum atomic E-state index is -3.00. The van der Waals surface area contributed by atoms with Gasteiger partial charge in [-0.15, -0.1) is 0 Å². The zero-order valence-electron chi connectivity index (χ0n) is 11.0. The van der Waals surface area contributed by atoms with Crippen LogP contribution in [0.3, 0.4) is 0 Å². The second-order valence-corrected chi connectivity index (χ2v) is 8.12. The van der Waals surface area contributed by atoms with Gasteiger partial charge in [0.15, 0.2) is 0 Å². The average Bonchev–Trinajstić information content (AvgIpc) is 3.24. The lowest BCUT2D eigenvalue weighted by Crippen LogP contribution is -2.42. The van der Waals surface area contributed by atoms with Crippen LogP contribution < -0.4 is 0 Å². The van der Waals surface area contributed by atoms with Crippen LogP contribution in [0.2, 0.25) is 0 Å². The van der Waals surface area contributed by atoms with E-state index in [4.69, 9.17) is 0 Å². The van der Waals surface area contributed by atoms with Gasteiger partial charge in [-0.25, -0.2) is 12.7 Å². The Kier molecular flexibility index (Phi) is 3.50. The standard InChI is InChI=1S/C14H23NO2S/c16-18(17,14-4-2-1-3-5-14)15-10-8-13(9-11-15)12-6-7-12/h14H,1-11H2. The summed E-state index contributed by atoms with van der Waals surface area (Å²) < 4.78 is 26.9. The fourth-order valence-corrected chi connectivity index (χ4v) is 5.40. The van der Waals surface area contributed by atoms with Gasteiger partial charge in [0.25, 0.3) is 0 Å². The van der Waals surface area contributed by atoms with Crippen molar-refractivity contribution in [3.05, 3.63) is 11.1 Å². The van der Waals surface area contributed by atoms with E-state index in [1.54, 1.807) is 15.5 Å². The number of allylic oxidation sites excluding steroid dienone is 1. The molecule has 3 fully saturated rings. The van der Waals surface area contributed by atoms with Crippen molar-refractivity contribution < 1.29 is 8.42 Å². The lowest BCUT2D eigenvalue weighted by atomic mass is 10.0. The average molecular weight is 269 g/mol. The van der Waals surface area contributed by atoms with Crippen LogP contribution in [0, 0.1) is 0 Å².